The van der Waals surface area contributed by atoms with Crippen molar-refractivity contribution in [3.8, 4) is 0 Å². The van der Waals surface area contributed by atoms with Gasteiger partial charge in [0.2, 0.25) is 5.54 Å². The molecule has 0 aromatic rings. The van der Waals surface area contributed by atoms with Gasteiger partial charge < -0.3 is 15.1 Å². The number of hydrogen-bond acceptors (Lipinski definition) is 3. The van der Waals surface area contributed by atoms with Crippen LogP contribution in [0.5, 0.6) is 0 Å². The van der Waals surface area contributed by atoms with Crippen molar-refractivity contribution in [3.05, 3.63) is 0 Å². The molecular weight excluding hydrogens is 222 g/mol. The van der Waals surface area contributed by atoms with Crippen LogP contribution in [0.15, 0.2) is 0 Å². The Morgan fingerprint density at radius 1 is 0.941 bits per heavy atom. The van der Waals surface area contributed by atoms with Gasteiger partial charge in [0.05, 0.1) is 0 Å². The fourth-order valence-corrected chi connectivity index (χ4v) is 3.89. The van der Waals surface area contributed by atoms with E-state index in [0.717, 1.165) is 12.8 Å². The number of amides is 3. The van der Waals surface area contributed by atoms with Gasteiger partial charge in [-0.25, -0.2) is 0 Å². The number of rotatable bonds is 0. The molecule has 0 unspecified atom stereocenters. The van der Waals surface area contributed by atoms with E-state index in [1.54, 1.807) is 4.90 Å². The van der Waals surface area contributed by atoms with Gasteiger partial charge in [0, 0.05) is 19.5 Å². The number of carbonyl (C=O) groups is 3. The van der Waals surface area contributed by atoms with Crippen molar-refractivity contribution in [3.63, 3.8) is 0 Å². The number of hydrogen-bond donors (Lipinski definition) is 1. The molecule has 6 heteroatoms. The van der Waals surface area contributed by atoms with Crippen LogP contribution in [0.3, 0.4) is 0 Å². The highest BCUT2D eigenvalue weighted by atomic mass is 16.2. The van der Waals surface area contributed by atoms with Crippen molar-refractivity contribution < 1.29 is 14.4 Å². The van der Waals surface area contributed by atoms with E-state index in [-0.39, 0.29) is 17.7 Å². The number of fused-ring (bicyclic) bond motifs is 1. The molecule has 0 saturated carbocycles. The van der Waals surface area contributed by atoms with Gasteiger partial charge in [-0.15, -0.1) is 0 Å². The van der Waals surface area contributed by atoms with Crippen molar-refractivity contribution in [2.45, 2.75) is 36.9 Å². The lowest BCUT2D eigenvalue weighted by Gasteiger charge is -2.57. The molecular formula is C11H13N3O3. The van der Waals surface area contributed by atoms with E-state index in [1.807, 2.05) is 0 Å². The van der Waals surface area contributed by atoms with E-state index in [0.29, 0.717) is 25.9 Å². The highest BCUT2D eigenvalue weighted by Gasteiger charge is 2.74. The fraction of sp³-hybridized carbons (Fsp3) is 0.727. The summed E-state index contributed by atoms with van der Waals surface area (Å²) in [5.74, 6) is -0.500. The molecule has 6 nitrogen and oxygen atoms in total. The molecule has 0 aromatic carbocycles. The normalized spacial score (nSPS) is 42.9. The maximum atomic E-state index is 12.5. The van der Waals surface area contributed by atoms with Gasteiger partial charge in [-0.1, -0.05) is 0 Å². The van der Waals surface area contributed by atoms with Crippen LogP contribution in [-0.4, -0.2) is 51.8 Å². The molecule has 2 bridgehead atoms. The number of carbonyl (C=O) groups excluding carboxylic acids is 3. The summed E-state index contributed by atoms with van der Waals surface area (Å²) in [6.45, 7) is 1.12. The average Bonchev–Trinajstić information content (AvgIpc) is 2.89. The molecule has 5 aliphatic rings. The van der Waals surface area contributed by atoms with Crippen molar-refractivity contribution in [1.82, 2.24) is 15.1 Å². The lowest BCUT2D eigenvalue weighted by atomic mass is 9.82. The van der Waals surface area contributed by atoms with Gasteiger partial charge in [-0.2, -0.15) is 0 Å². The van der Waals surface area contributed by atoms with E-state index in [1.165, 1.54) is 4.90 Å². The highest BCUT2D eigenvalue weighted by molar-refractivity contribution is 6.21. The third kappa shape index (κ3) is 0.723. The van der Waals surface area contributed by atoms with E-state index < -0.39 is 11.2 Å². The van der Waals surface area contributed by atoms with Crippen LogP contribution in [0.4, 0.5) is 0 Å². The van der Waals surface area contributed by atoms with Crippen molar-refractivity contribution in [2.24, 2.45) is 0 Å². The zero-order valence-corrected chi connectivity index (χ0v) is 9.36. The van der Waals surface area contributed by atoms with Crippen molar-refractivity contribution >= 4 is 17.7 Å². The molecule has 1 N–H and O–H groups in total. The average molecular weight is 235 g/mol. The summed E-state index contributed by atoms with van der Waals surface area (Å²) in [6.07, 6.45) is 2.53. The second-order valence-electron chi connectivity index (χ2n) is 5.30. The number of nitrogens with zero attached hydrogens (tertiary/aromatic N) is 2. The fourth-order valence-electron chi connectivity index (χ4n) is 3.89. The lowest BCUT2D eigenvalue weighted by Crippen LogP contribution is -2.87. The molecule has 2 spiro atoms. The topological polar surface area (TPSA) is 69.7 Å². The predicted molar refractivity (Wildman–Crippen MR) is 55.5 cm³/mol. The number of piperazine rings is 2. The minimum atomic E-state index is -1.21. The summed E-state index contributed by atoms with van der Waals surface area (Å²) in [5.41, 5.74) is -2.25. The van der Waals surface area contributed by atoms with Gasteiger partial charge in [0.1, 0.15) is 0 Å². The first-order valence-electron chi connectivity index (χ1n) is 6.10. The maximum Gasteiger partial charge on any atom is 0.270 e. The predicted octanol–water partition coefficient (Wildman–Crippen LogP) is -1.19. The molecule has 17 heavy (non-hydrogen) atoms. The minimum absolute atomic E-state index is 0.0771. The third-order valence-electron chi connectivity index (χ3n) is 4.66. The molecule has 5 aliphatic heterocycles. The molecule has 5 heterocycles. The summed E-state index contributed by atoms with van der Waals surface area (Å²) in [5, 5.41) is 2.81. The van der Waals surface area contributed by atoms with Crippen LogP contribution in [-0.2, 0) is 14.4 Å². The van der Waals surface area contributed by atoms with Crippen LogP contribution < -0.4 is 5.32 Å². The maximum absolute atomic E-state index is 12.5. The van der Waals surface area contributed by atoms with Gasteiger partial charge in [-0.05, 0) is 19.3 Å². The summed E-state index contributed by atoms with van der Waals surface area (Å²) in [4.78, 5) is 40.3. The lowest BCUT2D eigenvalue weighted by molar-refractivity contribution is -0.191. The Morgan fingerprint density at radius 3 is 2.47 bits per heavy atom. The van der Waals surface area contributed by atoms with Crippen molar-refractivity contribution in [1.29, 1.82) is 0 Å². The van der Waals surface area contributed by atoms with Crippen LogP contribution in [0.2, 0.25) is 0 Å². The minimum Gasteiger partial charge on any atom is -0.323 e. The molecule has 3 amide bonds. The molecule has 90 valence electrons. The summed E-state index contributed by atoms with van der Waals surface area (Å²) in [7, 11) is 0. The number of nitrogens with one attached hydrogen (secondary N) is 1. The highest BCUT2D eigenvalue weighted by Crippen LogP contribution is 2.47. The quantitative estimate of drug-likeness (QED) is 0.537. The smallest absolute Gasteiger partial charge is 0.270 e. The monoisotopic (exact) mass is 235 g/mol. The van der Waals surface area contributed by atoms with Crippen LogP contribution >= 0.6 is 0 Å². The summed E-state index contributed by atoms with van der Waals surface area (Å²) >= 11 is 0. The Kier molecular flexibility index (Phi) is 1.37. The molecule has 5 fully saturated rings. The first-order valence-corrected chi connectivity index (χ1v) is 6.10. The van der Waals surface area contributed by atoms with Crippen LogP contribution in [0.25, 0.3) is 0 Å². The molecule has 2 atom stereocenters. The summed E-state index contributed by atoms with van der Waals surface area (Å²) in [6, 6.07) is 0. The largest absolute Gasteiger partial charge is 0.323 e. The molecule has 0 radical (unpaired) electrons. The Labute approximate surface area is 97.9 Å². The SMILES string of the molecule is O=C1N[C@@]23CCCN2C(=O)[C@@]12CCCN2C3=O. The van der Waals surface area contributed by atoms with E-state index in [4.69, 9.17) is 0 Å². The van der Waals surface area contributed by atoms with E-state index in [9.17, 15) is 14.4 Å². The molecule has 5 rings (SSSR count). The second-order valence-corrected chi connectivity index (χ2v) is 5.30. The van der Waals surface area contributed by atoms with E-state index in [2.05, 4.69) is 5.32 Å². The first-order chi connectivity index (χ1) is 8.13. The van der Waals surface area contributed by atoms with Crippen LogP contribution in [0.1, 0.15) is 25.7 Å². The summed E-state index contributed by atoms with van der Waals surface area (Å²) < 4.78 is 0. The third-order valence-corrected chi connectivity index (χ3v) is 4.66. The van der Waals surface area contributed by atoms with Gasteiger partial charge >= 0.3 is 0 Å². The Balaban J connectivity index is 1.98. The first kappa shape index (κ1) is 9.44. The zero-order valence-electron chi connectivity index (χ0n) is 9.36. The van der Waals surface area contributed by atoms with Gasteiger partial charge in [0.15, 0.2) is 5.66 Å². The van der Waals surface area contributed by atoms with Gasteiger partial charge in [0.25, 0.3) is 17.7 Å². The van der Waals surface area contributed by atoms with Crippen molar-refractivity contribution in [2.75, 3.05) is 13.1 Å². The Morgan fingerprint density at radius 2 is 1.65 bits per heavy atom. The molecule has 0 aliphatic carbocycles. The standard InChI is InChI=1S/C11H13N3O3/c15-7-10-3-1-5-13(10)9(17)11(12-7)4-2-6-14(11)8(10)16/h1-6H2,(H,12,15)/t10-,11+/m1/s1. The van der Waals surface area contributed by atoms with E-state index >= 15 is 0 Å². The second kappa shape index (κ2) is 2.47. The molecule has 0 aromatic heterocycles. The Hall–Kier alpha value is -1.59. The van der Waals surface area contributed by atoms with Gasteiger partial charge in [-0.3, -0.25) is 14.4 Å². The zero-order chi connectivity index (χ0) is 11.8. The Bertz CT molecular complexity index is 477. The van der Waals surface area contributed by atoms with Crippen LogP contribution in [0, 0.1) is 0 Å². The molecule has 5 saturated heterocycles.